The summed E-state index contributed by atoms with van der Waals surface area (Å²) in [5.74, 6) is -0.605. The minimum absolute atomic E-state index is 0.0326. The van der Waals surface area contributed by atoms with Crippen LogP contribution in [-0.2, 0) is 16.0 Å². The molecule has 3 amide bonds. The fourth-order valence-electron chi connectivity index (χ4n) is 3.04. The molecule has 0 aliphatic carbocycles. The lowest BCUT2D eigenvalue weighted by molar-refractivity contribution is -0.116. The van der Waals surface area contributed by atoms with Gasteiger partial charge in [-0.3, -0.25) is 19.3 Å². The van der Waals surface area contributed by atoms with Gasteiger partial charge in [-0.1, -0.05) is 18.2 Å². The fraction of sp³-hybridized carbons (Fsp3) is 0.0952. The third kappa shape index (κ3) is 3.79. The smallest absolute Gasteiger partial charge is 0.258 e. The SMILES string of the molecule is O=C(Cc1cccs1)Nc1ccc(C(=O)N2CC(=O)Nc3ccccc32)cc1. The molecule has 2 N–H and O–H groups in total. The first kappa shape index (κ1) is 17.9. The molecule has 7 heteroatoms. The third-order valence-corrected chi connectivity index (χ3v) is 5.22. The molecule has 2 aromatic carbocycles. The van der Waals surface area contributed by atoms with Crippen molar-refractivity contribution in [3.05, 3.63) is 76.5 Å². The number of hydrogen-bond donors (Lipinski definition) is 2. The summed E-state index contributed by atoms with van der Waals surface area (Å²) in [5, 5.41) is 7.53. The number of fused-ring (bicyclic) bond motifs is 1. The summed E-state index contributed by atoms with van der Waals surface area (Å²) in [4.78, 5) is 39.4. The number of thiophene rings is 1. The Kier molecular flexibility index (Phi) is 4.90. The average molecular weight is 391 g/mol. The Morgan fingerprint density at radius 1 is 1.04 bits per heavy atom. The Hall–Kier alpha value is -3.45. The molecule has 0 bridgehead atoms. The van der Waals surface area contributed by atoms with Crippen molar-refractivity contribution in [2.24, 2.45) is 0 Å². The Balaban J connectivity index is 1.47. The highest BCUT2D eigenvalue weighted by molar-refractivity contribution is 7.10. The maximum atomic E-state index is 12.9. The number of carbonyl (C=O) groups excluding carboxylic acids is 3. The van der Waals surface area contributed by atoms with Crippen LogP contribution in [-0.4, -0.2) is 24.3 Å². The summed E-state index contributed by atoms with van der Waals surface area (Å²) >= 11 is 1.53. The highest BCUT2D eigenvalue weighted by Crippen LogP contribution is 2.30. The van der Waals surface area contributed by atoms with Crippen LogP contribution in [0.25, 0.3) is 0 Å². The number of hydrogen-bond acceptors (Lipinski definition) is 4. The number of amides is 3. The van der Waals surface area contributed by atoms with E-state index in [-0.39, 0.29) is 24.3 Å². The fourth-order valence-corrected chi connectivity index (χ4v) is 3.75. The van der Waals surface area contributed by atoms with Gasteiger partial charge in [0.05, 0.1) is 17.8 Å². The Labute approximate surface area is 165 Å². The maximum absolute atomic E-state index is 12.9. The number of carbonyl (C=O) groups is 3. The van der Waals surface area contributed by atoms with Crippen LogP contribution in [0.15, 0.2) is 66.0 Å². The molecule has 28 heavy (non-hydrogen) atoms. The minimum atomic E-state index is -0.265. The first-order valence-electron chi connectivity index (χ1n) is 8.73. The molecule has 140 valence electrons. The van der Waals surface area contributed by atoms with E-state index in [1.807, 2.05) is 23.6 Å². The molecule has 0 fully saturated rings. The molecule has 3 aromatic rings. The van der Waals surface area contributed by atoms with Crippen molar-refractivity contribution >= 4 is 46.1 Å². The number of anilines is 3. The Morgan fingerprint density at radius 2 is 1.82 bits per heavy atom. The number of nitrogens with one attached hydrogen (secondary N) is 2. The molecular weight excluding hydrogens is 374 g/mol. The van der Waals surface area contributed by atoms with E-state index in [1.165, 1.54) is 16.2 Å². The third-order valence-electron chi connectivity index (χ3n) is 4.35. The molecular formula is C21H17N3O3S. The molecule has 4 rings (SSSR count). The molecule has 0 unspecified atom stereocenters. The summed E-state index contributed by atoms with van der Waals surface area (Å²) < 4.78 is 0. The predicted molar refractivity (Wildman–Crippen MR) is 110 cm³/mol. The van der Waals surface area contributed by atoms with Crippen molar-refractivity contribution in [1.82, 2.24) is 0 Å². The van der Waals surface area contributed by atoms with E-state index in [1.54, 1.807) is 42.5 Å². The molecule has 0 saturated heterocycles. The van der Waals surface area contributed by atoms with Crippen molar-refractivity contribution in [1.29, 1.82) is 0 Å². The first-order valence-corrected chi connectivity index (χ1v) is 9.61. The molecule has 0 saturated carbocycles. The van der Waals surface area contributed by atoms with Gasteiger partial charge in [0, 0.05) is 16.1 Å². The van der Waals surface area contributed by atoms with Gasteiger partial charge in [-0.05, 0) is 47.8 Å². The average Bonchev–Trinajstić information content (AvgIpc) is 3.20. The van der Waals surface area contributed by atoms with Crippen LogP contribution in [0.5, 0.6) is 0 Å². The molecule has 6 nitrogen and oxygen atoms in total. The maximum Gasteiger partial charge on any atom is 0.258 e. The van der Waals surface area contributed by atoms with Crippen molar-refractivity contribution in [2.75, 3.05) is 22.1 Å². The van der Waals surface area contributed by atoms with E-state index >= 15 is 0 Å². The van der Waals surface area contributed by atoms with Gasteiger partial charge in [0.1, 0.15) is 6.54 Å². The molecule has 0 radical (unpaired) electrons. The lowest BCUT2D eigenvalue weighted by Gasteiger charge is -2.29. The van der Waals surface area contributed by atoms with Gasteiger partial charge in [0.15, 0.2) is 0 Å². The lowest BCUT2D eigenvalue weighted by atomic mass is 10.1. The van der Waals surface area contributed by atoms with Gasteiger partial charge in [-0.2, -0.15) is 0 Å². The Morgan fingerprint density at radius 3 is 2.57 bits per heavy atom. The van der Waals surface area contributed by atoms with E-state index in [4.69, 9.17) is 0 Å². The zero-order valence-electron chi connectivity index (χ0n) is 14.8. The van der Waals surface area contributed by atoms with Crippen LogP contribution in [0.2, 0.25) is 0 Å². The standard InChI is InChI=1S/C21H17N3O3S/c25-19(12-16-4-3-11-28-16)22-15-9-7-14(8-10-15)21(27)24-13-20(26)23-17-5-1-2-6-18(17)24/h1-11H,12-13H2,(H,22,25)(H,23,26). The van der Waals surface area contributed by atoms with Gasteiger partial charge in [-0.15, -0.1) is 11.3 Å². The molecule has 1 aliphatic heterocycles. The molecule has 0 atom stereocenters. The number of rotatable bonds is 4. The monoisotopic (exact) mass is 391 g/mol. The van der Waals surface area contributed by atoms with Gasteiger partial charge in [0.25, 0.3) is 5.91 Å². The molecule has 2 heterocycles. The highest BCUT2D eigenvalue weighted by atomic mass is 32.1. The summed E-state index contributed by atoms with van der Waals surface area (Å²) in [6.07, 6.45) is 0.317. The molecule has 1 aliphatic rings. The van der Waals surface area contributed by atoms with Crippen LogP contribution >= 0.6 is 11.3 Å². The zero-order chi connectivity index (χ0) is 19.5. The Bertz CT molecular complexity index is 1030. The second-order valence-electron chi connectivity index (χ2n) is 6.34. The van der Waals surface area contributed by atoms with Crippen LogP contribution in [0.4, 0.5) is 17.1 Å². The van der Waals surface area contributed by atoms with Crippen molar-refractivity contribution < 1.29 is 14.4 Å². The quantitative estimate of drug-likeness (QED) is 0.714. The normalized spacial score (nSPS) is 12.9. The largest absolute Gasteiger partial charge is 0.326 e. The second-order valence-corrected chi connectivity index (χ2v) is 7.37. The summed E-state index contributed by atoms with van der Waals surface area (Å²) in [6.45, 7) is -0.0326. The summed E-state index contributed by atoms with van der Waals surface area (Å²) in [6, 6.07) is 17.7. The zero-order valence-corrected chi connectivity index (χ0v) is 15.7. The summed E-state index contributed by atoms with van der Waals surface area (Å²) in [5.41, 5.74) is 2.35. The van der Waals surface area contributed by atoms with Gasteiger partial charge in [0.2, 0.25) is 11.8 Å². The number of benzene rings is 2. The van der Waals surface area contributed by atoms with Gasteiger partial charge >= 0.3 is 0 Å². The van der Waals surface area contributed by atoms with Crippen molar-refractivity contribution in [3.63, 3.8) is 0 Å². The van der Waals surface area contributed by atoms with Crippen LogP contribution in [0.3, 0.4) is 0 Å². The lowest BCUT2D eigenvalue weighted by Crippen LogP contribution is -2.42. The second kappa shape index (κ2) is 7.66. The highest BCUT2D eigenvalue weighted by Gasteiger charge is 2.27. The number of para-hydroxylation sites is 2. The van der Waals surface area contributed by atoms with Gasteiger partial charge < -0.3 is 10.6 Å². The van der Waals surface area contributed by atoms with Gasteiger partial charge in [-0.25, -0.2) is 0 Å². The predicted octanol–water partition coefficient (Wildman–Crippen LogP) is 3.53. The minimum Gasteiger partial charge on any atom is -0.326 e. The van der Waals surface area contributed by atoms with E-state index in [0.29, 0.717) is 29.0 Å². The van der Waals surface area contributed by atoms with Crippen LogP contribution in [0.1, 0.15) is 15.2 Å². The van der Waals surface area contributed by atoms with Crippen LogP contribution < -0.4 is 15.5 Å². The van der Waals surface area contributed by atoms with Crippen molar-refractivity contribution in [3.8, 4) is 0 Å². The van der Waals surface area contributed by atoms with E-state index in [9.17, 15) is 14.4 Å². The van der Waals surface area contributed by atoms with E-state index in [2.05, 4.69) is 10.6 Å². The summed E-state index contributed by atoms with van der Waals surface area (Å²) in [7, 11) is 0. The number of nitrogens with zero attached hydrogens (tertiary/aromatic N) is 1. The van der Waals surface area contributed by atoms with Crippen LogP contribution in [0, 0.1) is 0 Å². The van der Waals surface area contributed by atoms with E-state index in [0.717, 1.165) is 4.88 Å². The molecule has 0 spiro atoms. The van der Waals surface area contributed by atoms with E-state index < -0.39 is 0 Å². The topological polar surface area (TPSA) is 78.5 Å². The molecule has 1 aromatic heterocycles. The first-order chi connectivity index (χ1) is 13.6. The van der Waals surface area contributed by atoms with Crippen molar-refractivity contribution in [2.45, 2.75) is 6.42 Å².